The Morgan fingerprint density at radius 2 is 2.30 bits per heavy atom. The van der Waals surface area contributed by atoms with Crippen LogP contribution in [0.4, 0.5) is 4.39 Å². The summed E-state index contributed by atoms with van der Waals surface area (Å²) < 4.78 is 19.8. The monoisotopic (exact) mass is 273 g/mol. The molecule has 0 unspecified atom stereocenters. The number of carbonyl (C=O) groups is 1. The van der Waals surface area contributed by atoms with Crippen molar-refractivity contribution in [2.24, 2.45) is 0 Å². The van der Waals surface area contributed by atoms with Crippen LogP contribution < -0.4 is 0 Å². The molecule has 0 saturated carbocycles. The lowest BCUT2D eigenvalue weighted by Crippen LogP contribution is -2.05. The Bertz CT molecular complexity index is 701. The predicted molar refractivity (Wildman–Crippen MR) is 68.9 cm³/mol. The van der Waals surface area contributed by atoms with E-state index in [-0.39, 0.29) is 17.9 Å². The molecule has 6 heteroatoms. The Hall–Kier alpha value is -2.68. The molecule has 1 aromatic carbocycles. The molecule has 0 aliphatic heterocycles. The minimum Gasteiger partial charge on any atom is -0.462 e. The number of hydrogen-bond donors (Lipinski definition) is 0. The summed E-state index contributed by atoms with van der Waals surface area (Å²) in [5, 5.41) is 13.1. The summed E-state index contributed by atoms with van der Waals surface area (Å²) in [7, 11) is 0. The summed E-state index contributed by atoms with van der Waals surface area (Å²) >= 11 is 0. The summed E-state index contributed by atoms with van der Waals surface area (Å²) in [4.78, 5) is 11.7. The highest BCUT2D eigenvalue weighted by molar-refractivity contribution is 5.90. The Morgan fingerprint density at radius 1 is 1.55 bits per heavy atom. The van der Waals surface area contributed by atoms with E-state index >= 15 is 0 Å². The van der Waals surface area contributed by atoms with Crippen molar-refractivity contribution in [2.75, 3.05) is 6.61 Å². The average Bonchev–Trinajstić information content (AvgIpc) is 2.80. The Kier molecular flexibility index (Phi) is 3.80. The Morgan fingerprint density at radius 3 is 2.95 bits per heavy atom. The molecule has 0 aliphatic carbocycles. The third kappa shape index (κ3) is 2.38. The molecular weight excluding hydrogens is 261 g/mol. The minimum absolute atomic E-state index is 0.120. The van der Waals surface area contributed by atoms with E-state index in [0.717, 1.165) is 0 Å². The second kappa shape index (κ2) is 5.53. The van der Waals surface area contributed by atoms with Gasteiger partial charge in [0.1, 0.15) is 23.0 Å². The highest BCUT2D eigenvalue weighted by Crippen LogP contribution is 2.18. The van der Waals surface area contributed by atoms with Crippen LogP contribution >= 0.6 is 0 Å². The molecule has 0 radical (unpaired) electrons. The van der Waals surface area contributed by atoms with Gasteiger partial charge in [-0.2, -0.15) is 10.4 Å². The predicted octanol–water partition coefficient (Wildman–Crippen LogP) is 2.37. The number of halogens is 1. The summed E-state index contributed by atoms with van der Waals surface area (Å²) in [5.41, 5.74) is 0.910. The second-order valence-corrected chi connectivity index (χ2v) is 4.04. The topological polar surface area (TPSA) is 67.9 Å². The van der Waals surface area contributed by atoms with Gasteiger partial charge in [0.25, 0.3) is 0 Å². The van der Waals surface area contributed by atoms with Crippen molar-refractivity contribution in [2.45, 2.75) is 13.8 Å². The number of hydrogen-bond acceptors (Lipinski definition) is 4. The summed E-state index contributed by atoms with van der Waals surface area (Å²) in [5.74, 6) is -1.12. The van der Waals surface area contributed by atoms with Gasteiger partial charge < -0.3 is 4.74 Å². The van der Waals surface area contributed by atoms with Gasteiger partial charge in [0.2, 0.25) is 0 Å². The van der Waals surface area contributed by atoms with Crippen molar-refractivity contribution < 1.29 is 13.9 Å². The van der Waals surface area contributed by atoms with Crippen LogP contribution in [0.5, 0.6) is 0 Å². The van der Waals surface area contributed by atoms with Crippen molar-refractivity contribution >= 4 is 5.97 Å². The molecule has 0 atom stereocenters. The van der Waals surface area contributed by atoms with Crippen LogP contribution in [0.25, 0.3) is 5.69 Å². The zero-order valence-electron chi connectivity index (χ0n) is 11.1. The third-order valence-corrected chi connectivity index (χ3v) is 2.74. The van der Waals surface area contributed by atoms with Crippen LogP contribution in [0.15, 0.2) is 24.4 Å². The fourth-order valence-electron chi connectivity index (χ4n) is 1.81. The summed E-state index contributed by atoms with van der Waals surface area (Å²) in [6.07, 6.45) is 1.43. The first-order chi connectivity index (χ1) is 9.58. The number of carbonyl (C=O) groups excluding carboxylic acids is 1. The van der Waals surface area contributed by atoms with Crippen molar-refractivity contribution in [3.8, 4) is 11.8 Å². The molecular formula is C14H12FN3O2. The van der Waals surface area contributed by atoms with E-state index in [9.17, 15) is 9.18 Å². The molecule has 5 nitrogen and oxygen atoms in total. The molecule has 102 valence electrons. The fourth-order valence-corrected chi connectivity index (χ4v) is 1.81. The minimum atomic E-state index is -0.629. The average molecular weight is 273 g/mol. The van der Waals surface area contributed by atoms with Crippen LogP contribution in [0.1, 0.15) is 28.5 Å². The first-order valence-corrected chi connectivity index (χ1v) is 6.00. The Labute approximate surface area is 115 Å². The molecule has 20 heavy (non-hydrogen) atoms. The van der Waals surface area contributed by atoms with E-state index in [1.165, 1.54) is 23.0 Å². The summed E-state index contributed by atoms with van der Waals surface area (Å²) in [6, 6.07) is 6.03. The quantitative estimate of drug-likeness (QED) is 0.805. The maximum atomic E-state index is 13.6. The van der Waals surface area contributed by atoms with Gasteiger partial charge >= 0.3 is 5.97 Å². The van der Waals surface area contributed by atoms with Crippen LogP contribution in [-0.2, 0) is 4.74 Å². The first kappa shape index (κ1) is 13.7. The van der Waals surface area contributed by atoms with E-state index in [4.69, 9.17) is 10.00 Å². The lowest BCUT2D eigenvalue weighted by Gasteiger charge is -2.04. The van der Waals surface area contributed by atoms with E-state index in [0.29, 0.717) is 11.3 Å². The number of aromatic nitrogens is 2. The first-order valence-electron chi connectivity index (χ1n) is 6.00. The zero-order chi connectivity index (χ0) is 14.7. The van der Waals surface area contributed by atoms with Gasteiger partial charge in [0.15, 0.2) is 0 Å². The number of aryl methyl sites for hydroxylation is 1. The van der Waals surface area contributed by atoms with Crippen molar-refractivity contribution in [3.63, 3.8) is 0 Å². The molecule has 0 spiro atoms. The SMILES string of the molecule is CCOC(=O)c1cn(-c2cccc(F)c2C#N)nc1C. The normalized spacial score (nSPS) is 10.1. The maximum absolute atomic E-state index is 13.6. The molecule has 0 bridgehead atoms. The lowest BCUT2D eigenvalue weighted by atomic mass is 10.2. The molecule has 0 amide bonds. The van der Waals surface area contributed by atoms with Gasteiger partial charge in [-0.1, -0.05) is 6.07 Å². The van der Waals surface area contributed by atoms with Crippen molar-refractivity contribution in [1.29, 1.82) is 5.26 Å². The Balaban J connectivity index is 2.51. The van der Waals surface area contributed by atoms with Gasteiger partial charge in [-0.05, 0) is 26.0 Å². The van der Waals surface area contributed by atoms with E-state index in [1.54, 1.807) is 26.0 Å². The molecule has 1 heterocycles. The van der Waals surface area contributed by atoms with E-state index in [2.05, 4.69) is 5.10 Å². The van der Waals surface area contributed by atoms with E-state index in [1.807, 2.05) is 0 Å². The number of nitriles is 1. The molecule has 0 saturated heterocycles. The fraction of sp³-hybridized carbons (Fsp3) is 0.214. The summed E-state index contributed by atoms with van der Waals surface area (Å²) in [6.45, 7) is 3.61. The van der Waals surface area contributed by atoms with Gasteiger partial charge in [-0.25, -0.2) is 13.9 Å². The maximum Gasteiger partial charge on any atom is 0.341 e. The van der Waals surface area contributed by atoms with Crippen LogP contribution in [0, 0.1) is 24.1 Å². The molecule has 2 aromatic rings. The smallest absolute Gasteiger partial charge is 0.341 e. The van der Waals surface area contributed by atoms with Gasteiger partial charge in [-0.3, -0.25) is 0 Å². The third-order valence-electron chi connectivity index (χ3n) is 2.74. The van der Waals surface area contributed by atoms with Gasteiger partial charge in [0.05, 0.1) is 18.0 Å². The standard InChI is InChI=1S/C14H12FN3O2/c1-3-20-14(19)11-8-18(17-9(11)2)13-6-4-5-12(15)10(13)7-16/h4-6,8H,3H2,1-2H3. The number of benzene rings is 1. The number of ether oxygens (including phenoxy) is 1. The molecule has 2 rings (SSSR count). The molecule has 0 fully saturated rings. The second-order valence-electron chi connectivity index (χ2n) is 4.04. The zero-order valence-corrected chi connectivity index (χ0v) is 11.1. The molecule has 0 aliphatic rings. The van der Waals surface area contributed by atoms with Gasteiger partial charge in [-0.15, -0.1) is 0 Å². The molecule has 0 N–H and O–H groups in total. The van der Waals surface area contributed by atoms with Crippen LogP contribution in [-0.4, -0.2) is 22.4 Å². The molecule has 1 aromatic heterocycles. The van der Waals surface area contributed by atoms with Crippen molar-refractivity contribution in [3.05, 3.63) is 47.0 Å². The highest BCUT2D eigenvalue weighted by Gasteiger charge is 2.17. The van der Waals surface area contributed by atoms with Crippen molar-refractivity contribution in [1.82, 2.24) is 9.78 Å². The lowest BCUT2D eigenvalue weighted by molar-refractivity contribution is 0.0525. The highest BCUT2D eigenvalue weighted by atomic mass is 19.1. The number of esters is 1. The number of nitrogens with zero attached hydrogens (tertiary/aromatic N) is 3. The number of rotatable bonds is 3. The largest absolute Gasteiger partial charge is 0.462 e. The van der Waals surface area contributed by atoms with Crippen LogP contribution in [0.2, 0.25) is 0 Å². The van der Waals surface area contributed by atoms with Gasteiger partial charge in [0, 0.05) is 6.20 Å². The van der Waals surface area contributed by atoms with Crippen LogP contribution in [0.3, 0.4) is 0 Å². The van der Waals surface area contributed by atoms with E-state index < -0.39 is 11.8 Å².